The van der Waals surface area contributed by atoms with Crippen LogP contribution < -0.4 is 4.90 Å². The van der Waals surface area contributed by atoms with Crippen LogP contribution in [0.15, 0.2) is 52.3 Å². The number of benzene rings is 2. The van der Waals surface area contributed by atoms with Crippen LogP contribution in [-0.2, 0) is 19.7 Å². The molecule has 0 radical (unpaired) electrons. The lowest BCUT2D eigenvalue weighted by molar-refractivity contribution is 0.0985. The van der Waals surface area contributed by atoms with Crippen molar-refractivity contribution in [2.75, 3.05) is 38.3 Å². The van der Waals surface area contributed by atoms with E-state index in [0.717, 1.165) is 6.26 Å². The summed E-state index contributed by atoms with van der Waals surface area (Å²) in [6.45, 7) is 4.09. The lowest BCUT2D eigenvalue weighted by Gasteiger charge is -2.22. The standard InChI is InChI=1S/C22H27N3O5S3/c1-15(2)33(29,30)17-11-9-16(10-12-17)21(26)25(14-13-24(3)4)22-23-20-18(31-22)7-6-8-19(20)32(5,27)28/h6-12,15H,13-14H2,1-5H3. The van der Waals surface area contributed by atoms with Gasteiger partial charge in [0.15, 0.2) is 24.8 Å². The van der Waals surface area contributed by atoms with Gasteiger partial charge in [-0.1, -0.05) is 17.4 Å². The maximum atomic E-state index is 13.4. The number of amides is 1. The van der Waals surface area contributed by atoms with Crippen molar-refractivity contribution in [3.63, 3.8) is 0 Å². The molecule has 11 heteroatoms. The van der Waals surface area contributed by atoms with E-state index in [9.17, 15) is 21.6 Å². The van der Waals surface area contributed by atoms with Crippen LogP contribution in [-0.4, -0.2) is 71.3 Å². The van der Waals surface area contributed by atoms with Crippen LogP contribution >= 0.6 is 11.3 Å². The van der Waals surface area contributed by atoms with Gasteiger partial charge in [0, 0.05) is 24.9 Å². The molecule has 33 heavy (non-hydrogen) atoms. The first kappa shape index (κ1) is 25.3. The summed E-state index contributed by atoms with van der Waals surface area (Å²) >= 11 is 1.24. The molecular weight excluding hydrogens is 482 g/mol. The lowest BCUT2D eigenvalue weighted by Crippen LogP contribution is -2.36. The number of para-hydroxylation sites is 1. The molecule has 0 fully saturated rings. The second-order valence-corrected chi connectivity index (χ2v) is 13.7. The van der Waals surface area contributed by atoms with E-state index in [1.165, 1.54) is 46.6 Å². The number of nitrogens with zero attached hydrogens (tertiary/aromatic N) is 3. The number of thiazole rings is 1. The van der Waals surface area contributed by atoms with E-state index >= 15 is 0 Å². The Morgan fingerprint density at radius 3 is 2.18 bits per heavy atom. The Labute approximate surface area is 198 Å². The van der Waals surface area contributed by atoms with Gasteiger partial charge in [0.05, 0.1) is 19.7 Å². The molecule has 0 spiro atoms. The highest BCUT2D eigenvalue weighted by molar-refractivity contribution is 7.92. The lowest BCUT2D eigenvalue weighted by atomic mass is 10.2. The third kappa shape index (κ3) is 5.43. The van der Waals surface area contributed by atoms with Gasteiger partial charge < -0.3 is 4.90 Å². The molecule has 0 atom stereocenters. The largest absolute Gasteiger partial charge is 0.308 e. The van der Waals surface area contributed by atoms with Crippen LogP contribution in [0.25, 0.3) is 10.2 Å². The molecule has 1 heterocycles. The maximum Gasteiger partial charge on any atom is 0.260 e. The topological polar surface area (TPSA) is 105 Å². The summed E-state index contributed by atoms with van der Waals surface area (Å²) in [7, 11) is -3.17. The fourth-order valence-electron chi connectivity index (χ4n) is 3.13. The van der Waals surface area contributed by atoms with Crippen molar-refractivity contribution in [2.45, 2.75) is 28.9 Å². The number of carbonyl (C=O) groups excluding carboxylic acids is 1. The molecule has 0 saturated heterocycles. The number of sulfone groups is 2. The zero-order chi connectivity index (χ0) is 24.6. The van der Waals surface area contributed by atoms with E-state index in [1.54, 1.807) is 26.0 Å². The van der Waals surface area contributed by atoms with Crippen LogP contribution in [0.2, 0.25) is 0 Å². The van der Waals surface area contributed by atoms with Crippen LogP contribution in [0.5, 0.6) is 0 Å². The quantitative estimate of drug-likeness (QED) is 0.459. The zero-order valence-electron chi connectivity index (χ0n) is 19.1. The van der Waals surface area contributed by atoms with Crippen molar-refractivity contribution in [3.05, 3.63) is 48.0 Å². The maximum absolute atomic E-state index is 13.4. The van der Waals surface area contributed by atoms with Gasteiger partial charge in [0.1, 0.15) is 5.52 Å². The molecule has 0 saturated carbocycles. The minimum atomic E-state index is -3.49. The molecule has 8 nitrogen and oxygen atoms in total. The summed E-state index contributed by atoms with van der Waals surface area (Å²) < 4.78 is 49.8. The molecule has 178 valence electrons. The number of aromatic nitrogens is 1. The van der Waals surface area contributed by atoms with Gasteiger partial charge in [-0.25, -0.2) is 21.8 Å². The first-order valence-corrected chi connectivity index (χ1v) is 14.5. The van der Waals surface area contributed by atoms with Gasteiger partial charge in [0.25, 0.3) is 5.91 Å². The zero-order valence-corrected chi connectivity index (χ0v) is 21.6. The highest BCUT2D eigenvalue weighted by Crippen LogP contribution is 2.33. The number of hydrogen-bond donors (Lipinski definition) is 0. The van der Waals surface area contributed by atoms with Crippen molar-refractivity contribution in [2.24, 2.45) is 0 Å². The summed E-state index contributed by atoms with van der Waals surface area (Å²) in [4.78, 5) is 21.6. The van der Waals surface area contributed by atoms with Gasteiger partial charge in [-0.05, 0) is 64.3 Å². The van der Waals surface area contributed by atoms with Crippen molar-refractivity contribution in [1.82, 2.24) is 9.88 Å². The second kappa shape index (κ2) is 9.49. The fourth-order valence-corrected chi connectivity index (χ4v) is 6.10. The van der Waals surface area contributed by atoms with Gasteiger partial charge in [0.2, 0.25) is 0 Å². The number of carbonyl (C=O) groups is 1. The minimum absolute atomic E-state index is 0.116. The van der Waals surface area contributed by atoms with E-state index < -0.39 is 24.9 Å². The molecule has 0 N–H and O–H groups in total. The fraction of sp³-hybridized carbons (Fsp3) is 0.364. The highest BCUT2D eigenvalue weighted by Gasteiger charge is 2.25. The highest BCUT2D eigenvalue weighted by atomic mass is 32.2. The van der Waals surface area contributed by atoms with Crippen molar-refractivity contribution < 1.29 is 21.6 Å². The Morgan fingerprint density at radius 2 is 1.64 bits per heavy atom. The van der Waals surface area contributed by atoms with Crippen molar-refractivity contribution in [3.8, 4) is 0 Å². The molecule has 1 aromatic heterocycles. The molecule has 0 bridgehead atoms. The van der Waals surface area contributed by atoms with Crippen molar-refractivity contribution >= 4 is 52.3 Å². The van der Waals surface area contributed by atoms with E-state index in [1.807, 2.05) is 19.0 Å². The second-order valence-electron chi connectivity index (χ2n) is 8.25. The predicted octanol–water partition coefficient (Wildman–Crippen LogP) is 3.09. The molecule has 3 aromatic rings. The third-order valence-corrected chi connectivity index (χ3v) is 9.41. The SMILES string of the molecule is CC(C)S(=O)(=O)c1ccc(C(=O)N(CCN(C)C)c2nc3c(S(C)(=O)=O)cccc3s2)cc1. The average Bonchev–Trinajstić information content (AvgIpc) is 3.16. The Morgan fingerprint density at radius 1 is 1.00 bits per heavy atom. The number of hydrogen-bond acceptors (Lipinski definition) is 8. The Balaban J connectivity index is 2.04. The predicted molar refractivity (Wildman–Crippen MR) is 132 cm³/mol. The summed E-state index contributed by atoms with van der Waals surface area (Å²) in [5.74, 6) is -0.342. The number of anilines is 1. The van der Waals surface area contributed by atoms with Gasteiger partial charge in [-0.15, -0.1) is 0 Å². The van der Waals surface area contributed by atoms with Gasteiger partial charge in [-0.3, -0.25) is 9.69 Å². The van der Waals surface area contributed by atoms with E-state index in [-0.39, 0.29) is 15.7 Å². The molecule has 0 aliphatic heterocycles. The molecule has 0 unspecified atom stereocenters. The molecule has 2 aromatic carbocycles. The van der Waals surface area contributed by atoms with E-state index in [4.69, 9.17) is 0 Å². The smallest absolute Gasteiger partial charge is 0.260 e. The van der Waals surface area contributed by atoms with Gasteiger partial charge >= 0.3 is 0 Å². The first-order valence-electron chi connectivity index (χ1n) is 10.2. The van der Waals surface area contributed by atoms with Gasteiger partial charge in [-0.2, -0.15) is 0 Å². The van der Waals surface area contributed by atoms with Crippen LogP contribution in [0.4, 0.5) is 5.13 Å². The Bertz CT molecular complexity index is 1380. The molecule has 1 amide bonds. The normalized spacial score (nSPS) is 12.6. The Kier molecular flexibility index (Phi) is 7.27. The van der Waals surface area contributed by atoms with Crippen LogP contribution in [0.3, 0.4) is 0 Å². The number of fused-ring (bicyclic) bond motifs is 1. The van der Waals surface area contributed by atoms with Crippen LogP contribution in [0.1, 0.15) is 24.2 Å². The van der Waals surface area contributed by atoms with Crippen molar-refractivity contribution in [1.29, 1.82) is 0 Å². The monoisotopic (exact) mass is 509 g/mol. The molecule has 0 aliphatic rings. The summed E-state index contributed by atoms with van der Waals surface area (Å²) in [5.41, 5.74) is 0.653. The van der Waals surface area contributed by atoms with E-state index in [0.29, 0.717) is 34.0 Å². The Hall–Kier alpha value is -2.34. The van der Waals surface area contributed by atoms with E-state index in [2.05, 4.69) is 4.98 Å². The molecule has 0 aliphatic carbocycles. The molecular formula is C22H27N3O5S3. The average molecular weight is 510 g/mol. The first-order chi connectivity index (χ1) is 15.3. The number of rotatable bonds is 8. The molecule has 3 rings (SSSR count). The summed E-state index contributed by atoms with van der Waals surface area (Å²) in [5, 5.41) is -0.186. The summed E-state index contributed by atoms with van der Waals surface area (Å²) in [6.07, 6.45) is 1.13. The summed E-state index contributed by atoms with van der Waals surface area (Å²) in [6, 6.07) is 10.8. The minimum Gasteiger partial charge on any atom is -0.308 e. The van der Waals surface area contributed by atoms with Crippen LogP contribution in [0, 0.1) is 0 Å². The number of likely N-dealkylation sites (N-methyl/N-ethyl adjacent to an activating group) is 1. The third-order valence-electron chi connectivity index (χ3n) is 5.07.